The van der Waals surface area contributed by atoms with Crippen LogP contribution < -0.4 is 5.73 Å². The molecule has 2 heterocycles. The van der Waals surface area contributed by atoms with Gasteiger partial charge in [0.05, 0.1) is 11.1 Å². The number of aliphatic hydroxyl groups is 1. The maximum atomic E-state index is 9.36. The zero-order valence-corrected chi connectivity index (χ0v) is 8.37. The van der Waals surface area contributed by atoms with E-state index in [1.807, 2.05) is 12.1 Å². The van der Waals surface area contributed by atoms with Crippen molar-refractivity contribution in [2.45, 2.75) is 12.5 Å². The molecule has 0 aliphatic heterocycles. The third-order valence-corrected chi connectivity index (χ3v) is 2.89. The first-order valence-corrected chi connectivity index (χ1v) is 5.20. The van der Waals surface area contributed by atoms with E-state index in [9.17, 15) is 5.11 Å². The fraction of sp³-hybridized carbons (Fsp3) is 0.333. The van der Waals surface area contributed by atoms with E-state index in [1.54, 1.807) is 6.20 Å². The predicted octanol–water partition coefficient (Wildman–Crippen LogP) is 0.553. The summed E-state index contributed by atoms with van der Waals surface area (Å²) < 4.78 is 0. The molecule has 0 aliphatic rings. The van der Waals surface area contributed by atoms with Crippen LogP contribution in [-0.2, 0) is 6.42 Å². The minimum Gasteiger partial charge on any atom is -0.391 e. The molecule has 0 aliphatic carbocycles. The number of pyridine rings is 1. The Balaban J connectivity index is 2.27. The number of aliphatic hydroxyl groups excluding tert-OH is 1. The molecular weight excluding hydrogens is 198 g/mol. The van der Waals surface area contributed by atoms with Gasteiger partial charge in [-0.3, -0.25) is 0 Å². The maximum Gasteiger partial charge on any atom is 0.143 e. The fourth-order valence-electron chi connectivity index (χ4n) is 1.19. The van der Waals surface area contributed by atoms with E-state index in [0.717, 1.165) is 15.4 Å². The van der Waals surface area contributed by atoms with Crippen molar-refractivity contribution in [2.24, 2.45) is 5.73 Å². The monoisotopic (exact) mass is 209 g/mol. The molecule has 2 rings (SSSR count). The van der Waals surface area contributed by atoms with Crippen LogP contribution in [0.15, 0.2) is 18.3 Å². The Morgan fingerprint density at radius 3 is 3.14 bits per heavy atom. The second-order valence-electron chi connectivity index (χ2n) is 3.03. The van der Waals surface area contributed by atoms with E-state index in [1.165, 1.54) is 11.3 Å². The standard InChI is InChI=1S/C9H11N3OS/c10-5-6(13)4-8-12-7-2-1-3-11-9(7)14-8/h1-3,6,13H,4-5,10H2. The van der Waals surface area contributed by atoms with Gasteiger partial charge in [-0.25, -0.2) is 9.97 Å². The van der Waals surface area contributed by atoms with Crippen LogP contribution in [0, 0.1) is 0 Å². The number of aromatic nitrogens is 2. The van der Waals surface area contributed by atoms with Crippen LogP contribution in [0.4, 0.5) is 0 Å². The zero-order valence-electron chi connectivity index (χ0n) is 7.55. The van der Waals surface area contributed by atoms with Crippen molar-refractivity contribution in [1.82, 2.24) is 9.97 Å². The summed E-state index contributed by atoms with van der Waals surface area (Å²) in [5, 5.41) is 10.2. The molecule has 0 radical (unpaired) electrons. The van der Waals surface area contributed by atoms with Gasteiger partial charge in [0.25, 0.3) is 0 Å². The van der Waals surface area contributed by atoms with E-state index < -0.39 is 6.10 Å². The summed E-state index contributed by atoms with van der Waals surface area (Å²) >= 11 is 1.50. The van der Waals surface area contributed by atoms with Crippen LogP contribution in [0.25, 0.3) is 10.3 Å². The maximum absolute atomic E-state index is 9.36. The molecule has 0 amide bonds. The van der Waals surface area contributed by atoms with E-state index in [-0.39, 0.29) is 6.54 Å². The molecule has 5 heteroatoms. The molecule has 0 saturated carbocycles. The molecule has 0 saturated heterocycles. The highest BCUT2D eigenvalue weighted by atomic mass is 32.1. The molecule has 2 aromatic rings. The third kappa shape index (κ3) is 1.89. The van der Waals surface area contributed by atoms with E-state index >= 15 is 0 Å². The van der Waals surface area contributed by atoms with Crippen LogP contribution in [0.1, 0.15) is 5.01 Å². The van der Waals surface area contributed by atoms with Crippen molar-refractivity contribution in [3.63, 3.8) is 0 Å². The van der Waals surface area contributed by atoms with Gasteiger partial charge in [0, 0.05) is 19.2 Å². The van der Waals surface area contributed by atoms with Crippen LogP contribution in [0.2, 0.25) is 0 Å². The lowest BCUT2D eigenvalue weighted by Gasteiger charge is -2.02. The number of hydrogen-bond donors (Lipinski definition) is 2. The Labute approximate surface area is 85.4 Å². The molecule has 0 fully saturated rings. The highest BCUT2D eigenvalue weighted by Gasteiger charge is 2.08. The van der Waals surface area contributed by atoms with Gasteiger partial charge in [0.15, 0.2) is 0 Å². The molecular formula is C9H11N3OS. The minimum atomic E-state index is -0.504. The van der Waals surface area contributed by atoms with Crippen molar-refractivity contribution in [3.05, 3.63) is 23.3 Å². The van der Waals surface area contributed by atoms with Crippen molar-refractivity contribution in [3.8, 4) is 0 Å². The first-order chi connectivity index (χ1) is 6.79. The molecule has 14 heavy (non-hydrogen) atoms. The average molecular weight is 209 g/mol. The number of nitrogens with two attached hydrogens (primary N) is 1. The lowest BCUT2D eigenvalue weighted by molar-refractivity contribution is 0.183. The molecule has 0 spiro atoms. The van der Waals surface area contributed by atoms with Gasteiger partial charge in [0.1, 0.15) is 10.3 Å². The Kier molecular flexibility index (Phi) is 2.72. The summed E-state index contributed by atoms with van der Waals surface area (Å²) in [4.78, 5) is 9.43. The minimum absolute atomic E-state index is 0.267. The average Bonchev–Trinajstić information content (AvgIpc) is 2.59. The molecule has 74 valence electrons. The number of thiazole rings is 1. The molecule has 1 atom stereocenters. The van der Waals surface area contributed by atoms with Crippen molar-refractivity contribution in [2.75, 3.05) is 6.54 Å². The molecule has 1 unspecified atom stereocenters. The molecule has 0 bridgehead atoms. The van der Waals surface area contributed by atoms with Crippen LogP contribution in [0.3, 0.4) is 0 Å². The molecule has 3 N–H and O–H groups in total. The van der Waals surface area contributed by atoms with Crippen molar-refractivity contribution >= 4 is 21.7 Å². The normalized spacial score (nSPS) is 13.3. The Morgan fingerprint density at radius 2 is 2.43 bits per heavy atom. The Bertz CT molecular complexity index is 396. The van der Waals surface area contributed by atoms with Gasteiger partial charge in [-0.05, 0) is 12.1 Å². The lowest BCUT2D eigenvalue weighted by atomic mass is 10.3. The Hall–Kier alpha value is -1.04. The van der Waals surface area contributed by atoms with Crippen LogP contribution in [0.5, 0.6) is 0 Å². The number of hydrogen-bond acceptors (Lipinski definition) is 5. The highest BCUT2D eigenvalue weighted by molar-refractivity contribution is 7.18. The predicted molar refractivity (Wildman–Crippen MR) is 56.2 cm³/mol. The van der Waals surface area contributed by atoms with Crippen LogP contribution >= 0.6 is 11.3 Å². The molecule has 0 aromatic carbocycles. The van der Waals surface area contributed by atoms with Gasteiger partial charge in [-0.2, -0.15) is 0 Å². The molecule has 2 aromatic heterocycles. The van der Waals surface area contributed by atoms with E-state index in [0.29, 0.717) is 6.42 Å². The largest absolute Gasteiger partial charge is 0.391 e. The van der Waals surface area contributed by atoms with Crippen LogP contribution in [-0.4, -0.2) is 27.7 Å². The first kappa shape index (κ1) is 9.51. The number of nitrogens with zero attached hydrogens (tertiary/aromatic N) is 2. The topological polar surface area (TPSA) is 72.0 Å². The lowest BCUT2D eigenvalue weighted by Crippen LogP contribution is -2.21. The highest BCUT2D eigenvalue weighted by Crippen LogP contribution is 2.19. The summed E-state index contributed by atoms with van der Waals surface area (Å²) in [6.07, 6.45) is 1.75. The molecule has 4 nitrogen and oxygen atoms in total. The summed E-state index contributed by atoms with van der Waals surface area (Å²) in [6, 6.07) is 3.77. The zero-order chi connectivity index (χ0) is 9.97. The smallest absolute Gasteiger partial charge is 0.143 e. The number of rotatable bonds is 3. The fourth-order valence-corrected chi connectivity index (χ4v) is 2.16. The van der Waals surface area contributed by atoms with Gasteiger partial charge in [-0.15, -0.1) is 0 Å². The van der Waals surface area contributed by atoms with Crippen molar-refractivity contribution < 1.29 is 5.11 Å². The van der Waals surface area contributed by atoms with E-state index in [4.69, 9.17) is 5.73 Å². The van der Waals surface area contributed by atoms with E-state index in [2.05, 4.69) is 9.97 Å². The summed E-state index contributed by atoms with van der Waals surface area (Å²) in [5.74, 6) is 0. The first-order valence-electron chi connectivity index (χ1n) is 4.38. The SMILES string of the molecule is NCC(O)Cc1nc2cccnc2s1. The summed E-state index contributed by atoms with van der Waals surface area (Å²) in [5.41, 5.74) is 6.21. The Morgan fingerprint density at radius 1 is 1.57 bits per heavy atom. The second-order valence-corrected chi connectivity index (χ2v) is 4.09. The third-order valence-electron chi connectivity index (χ3n) is 1.89. The van der Waals surface area contributed by atoms with Gasteiger partial charge in [0.2, 0.25) is 0 Å². The van der Waals surface area contributed by atoms with Gasteiger partial charge >= 0.3 is 0 Å². The summed E-state index contributed by atoms with van der Waals surface area (Å²) in [6.45, 7) is 0.267. The van der Waals surface area contributed by atoms with Gasteiger partial charge in [-0.1, -0.05) is 11.3 Å². The quantitative estimate of drug-likeness (QED) is 0.774. The van der Waals surface area contributed by atoms with Crippen molar-refractivity contribution in [1.29, 1.82) is 0 Å². The van der Waals surface area contributed by atoms with Gasteiger partial charge < -0.3 is 10.8 Å². The number of fused-ring (bicyclic) bond motifs is 1. The second kappa shape index (κ2) is 4.00. The summed E-state index contributed by atoms with van der Waals surface area (Å²) in [7, 11) is 0.